The van der Waals surface area contributed by atoms with Crippen LogP contribution in [-0.2, 0) is 9.53 Å². The zero-order valence-corrected chi connectivity index (χ0v) is 7.61. The van der Waals surface area contributed by atoms with Crippen molar-refractivity contribution < 1.29 is 9.53 Å². The van der Waals surface area contributed by atoms with Gasteiger partial charge in [-0.15, -0.1) is 0 Å². The van der Waals surface area contributed by atoms with Crippen LogP contribution in [0.4, 0.5) is 0 Å². The molecule has 1 aliphatic rings. The summed E-state index contributed by atoms with van der Waals surface area (Å²) in [6.45, 7) is 5.73. The molecule has 11 heavy (non-hydrogen) atoms. The monoisotopic (exact) mass is 174 g/mol. The lowest BCUT2D eigenvalue weighted by Crippen LogP contribution is -2.29. The van der Waals surface area contributed by atoms with E-state index in [2.05, 4.69) is 0 Å². The van der Waals surface area contributed by atoms with Gasteiger partial charge in [-0.1, -0.05) is 18.5 Å². The van der Waals surface area contributed by atoms with Crippen LogP contribution < -0.4 is 0 Å². The third-order valence-electron chi connectivity index (χ3n) is 2.21. The summed E-state index contributed by atoms with van der Waals surface area (Å²) >= 11 is 5.68. The molecule has 1 rings (SSSR count). The molecule has 1 heterocycles. The number of hydrogen-bond acceptors (Lipinski definition) is 2. The van der Waals surface area contributed by atoms with Gasteiger partial charge in [-0.25, -0.2) is 4.79 Å². The van der Waals surface area contributed by atoms with E-state index in [1.54, 1.807) is 0 Å². The molecule has 2 nitrogen and oxygen atoms in total. The largest absolute Gasteiger partial charge is 0.458 e. The van der Waals surface area contributed by atoms with E-state index in [-0.39, 0.29) is 17.1 Å². The molecule has 0 fully saturated rings. The van der Waals surface area contributed by atoms with Crippen molar-refractivity contribution in [2.24, 2.45) is 5.92 Å². The van der Waals surface area contributed by atoms with Gasteiger partial charge < -0.3 is 4.74 Å². The Balaban J connectivity index is 2.98. The van der Waals surface area contributed by atoms with Gasteiger partial charge >= 0.3 is 5.97 Å². The van der Waals surface area contributed by atoms with E-state index in [4.69, 9.17) is 16.3 Å². The molecule has 0 N–H and O–H groups in total. The summed E-state index contributed by atoms with van der Waals surface area (Å²) in [5.41, 5.74) is 0.926. The summed E-state index contributed by atoms with van der Waals surface area (Å²) in [5, 5.41) is 0.246. The van der Waals surface area contributed by atoms with Gasteiger partial charge in [-0.2, -0.15) is 0 Å². The first-order valence-corrected chi connectivity index (χ1v) is 3.99. The highest BCUT2D eigenvalue weighted by molar-refractivity contribution is 6.41. The molecule has 0 aliphatic carbocycles. The lowest BCUT2D eigenvalue weighted by atomic mass is 9.95. The molecular formula is C8H11ClO2. The Morgan fingerprint density at radius 2 is 2.00 bits per heavy atom. The summed E-state index contributed by atoms with van der Waals surface area (Å²) in [6, 6.07) is 0. The Morgan fingerprint density at radius 1 is 1.45 bits per heavy atom. The standard InChI is InChI=1S/C8H11ClO2/c1-4-5(2)7(9)8(10)11-6(4)3/h4,6H,1-3H3. The van der Waals surface area contributed by atoms with Crippen molar-refractivity contribution in [3.8, 4) is 0 Å². The van der Waals surface area contributed by atoms with Crippen LogP contribution in [0.15, 0.2) is 10.6 Å². The van der Waals surface area contributed by atoms with Crippen molar-refractivity contribution in [2.45, 2.75) is 26.9 Å². The van der Waals surface area contributed by atoms with Crippen molar-refractivity contribution in [1.82, 2.24) is 0 Å². The van der Waals surface area contributed by atoms with E-state index in [1.807, 2.05) is 20.8 Å². The number of carbonyl (C=O) groups is 1. The molecule has 0 bridgehead atoms. The van der Waals surface area contributed by atoms with Gasteiger partial charge in [0, 0.05) is 5.92 Å². The molecule has 1 aliphatic heterocycles. The van der Waals surface area contributed by atoms with Crippen LogP contribution in [-0.4, -0.2) is 12.1 Å². The summed E-state index contributed by atoms with van der Waals surface area (Å²) in [5.74, 6) is -0.157. The zero-order chi connectivity index (χ0) is 8.59. The van der Waals surface area contributed by atoms with E-state index in [9.17, 15) is 4.79 Å². The molecule has 2 atom stereocenters. The van der Waals surface area contributed by atoms with Gasteiger partial charge in [0.2, 0.25) is 0 Å². The second kappa shape index (κ2) is 2.86. The topological polar surface area (TPSA) is 26.3 Å². The lowest BCUT2D eigenvalue weighted by Gasteiger charge is -2.26. The summed E-state index contributed by atoms with van der Waals surface area (Å²) < 4.78 is 4.95. The quantitative estimate of drug-likeness (QED) is 0.526. The van der Waals surface area contributed by atoms with Crippen LogP contribution in [0.25, 0.3) is 0 Å². The van der Waals surface area contributed by atoms with E-state index in [1.165, 1.54) is 0 Å². The van der Waals surface area contributed by atoms with Crippen LogP contribution in [0.1, 0.15) is 20.8 Å². The summed E-state index contributed by atoms with van der Waals surface area (Å²) in [7, 11) is 0. The van der Waals surface area contributed by atoms with Gasteiger partial charge in [0.25, 0.3) is 0 Å². The molecule has 0 saturated carbocycles. The first-order valence-electron chi connectivity index (χ1n) is 3.61. The molecule has 0 aromatic carbocycles. The molecule has 0 aromatic heterocycles. The van der Waals surface area contributed by atoms with Gasteiger partial charge in [0.15, 0.2) is 0 Å². The molecule has 0 aromatic rings. The molecule has 0 radical (unpaired) electrons. The molecule has 0 amide bonds. The van der Waals surface area contributed by atoms with Crippen molar-refractivity contribution in [3.05, 3.63) is 10.6 Å². The molecule has 0 saturated heterocycles. The van der Waals surface area contributed by atoms with Gasteiger partial charge in [-0.05, 0) is 19.4 Å². The number of rotatable bonds is 0. The number of cyclic esters (lactones) is 1. The Labute approximate surface area is 71.2 Å². The third kappa shape index (κ3) is 1.41. The number of hydrogen-bond donors (Lipinski definition) is 0. The highest BCUT2D eigenvalue weighted by atomic mass is 35.5. The predicted molar refractivity (Wildman–Crippen MR) is 43.3 cm³/mol. The van der Waals surface area contributed by atoms with Crippen LogP contribution in [0.3, 0.4) is 0 Å². The normalized spacial score (nSPS) is 32.2. The Kier molecular flexibility index (Phi) is 2.23. The van der Waals surface area contributed by atoms with Crippen molar-refractivity contribution >= 4 is 17.6 Å². The van der Waals surface area contributed by atoms with Gasteiger partial charge in [0.1, 0.15) is 11.1 Å². The minimum atomic E-state index is -0.394. The third-order valence-corrected chi connectivity index (χ3v) is 2.66. The molecule has 0 spiro atoms. The van der Waals surface area contributed by atoms with Crippen molar-refractivity contribution in [1.29, 1.82) is 0 Å². The first-order chi connectivity index (χ1) is 5.04. The lowest BCUT2D eigenvalue weighted by molar-refractivity contribution is -0.146. The fourth-order valence-corrected chi connectivity index (χ4v) is 1.25. The fraction of sp³-hybridized carbons (Fsp3) is 0.625. The predicted octanol–water partition coefficient (Wildman–Crippen LogP) is 2.08. The molecule has 2 unspecified atom stereocenters. The van der Waals surface area contributed by atoms with Crippen LogP contribution in [0.5, 0.6) is 0 Å². The number of carbonyl (C=O) groups excluding carboxylic acids is 1. The highest BCUT2D eigenvalue weighted by Crippen LogP contribution is 2.28. The minimum absolute atomic E-state index is 0.0509. The van der Waals surface area contributed by atoms with Gasteiger partial charge in [0.05, 0.1) is 0 Å². The fourth-order valence-electron chi connectivity index (χ4n) is 1.04. The number of halogens is 1. The maximum Gasteiger partial charge on any atom is 0.349 e. The van der Waals surface area contributed by atoms with Crippen LogP contribution in [0.2, 0.25) is 0 Å². The molecular weight excluding hydrogens is 164 g/mol. The van der Waals surface area contributed by atoms with Crippen molar-refractivity contribution in [3.63, 3.8) is 0 Å². The van der Waals surface area contributed by atoms with Crippen LogP contribution in [0, 0.1) is 5.92 Å². The smallest absolute Gasteiger partial charge is 0.349 e. The second-order valence-electron chi connectivity index (χ2n) is 2.90. The summed E-state index contributed by atoms with van der Waals surface area (Å²) in [6.07, 6.45) is -0.0509. The molecule has 3 heteroatoms. The van der Waals surface area contributed by atoms with Crippen LogP contribution >= 0.6 is 11.6 Å². The zero-order valence-electron chi connectivity index (χ0n) is 6.85. The minimum Gasteiger partial charge on any atom is -0.458 e. The van der Waals surface area contributed by atoms with E-state index in [0.29, 0.717) is 0 Å². The average Bonchev–Trinajstić information content (AvgIpc) is 1.97. The summed E-state index contributed by atoms with van der Waals surface area (Å²) in [4.78, 5) is 10.9. The van der Waals surface area contributed by atoms with Crippen molar-refractivity contribution in [2.75, 3.05) is 0 Å². The van der Waals surface area contributed by atoms with E-state index >= 15 is 0 Å². The number of esters is 1. The maximum absolute atomic E-state index is 10.9. The van der Waals surface area contributed by atoms with Gasteiger partial charge in [-0.3, -0.25) is 0 Å². The van der Waals surface area contributed by atoms with E-state index in [0.717, 1.165) is 5.57 Å². The maximum atomic E-state index is 10.9. The molecule has 62 valence electrons. The first kappa shape index (κ1) is 8.60. The highest BCUT2D eigenvalue weighted by Gasteiger charge is 2.28. The SMILES string of the molecule is CC1=C(Cl)C(=O)OC(C)C1C. The second-order valence-corrected chi connectivity index (χ2v) is 3.27. The Hall–Kier alpha value is -0.500. The number of ether oxygens (including phenoxy) is 1. The Morgan fingerprint density at radius 3 is 2.55 bits per heavy atom. The Bertz CT molecular complexity index is 220. The average molecular weight is 175 g/mol. The van der Waals surface area contributed by atoms with E-state index < -0.39 is 5.97 Å².